The number of halogens is 3. The third kappa shape index (κ3) is 11.8. The molecule has 0 heterocycles. The molecule has 0 aliphatic carbocycles. The first-order valence-corrected chi connectivity index (χ1v) is 17.3. The Hall–Kier alpha value is 0.781. The average Bonchev–Trinajstić information content (AvgIpc) is 2.19. The van der Waals surface area contributed by atoms with Gasteiger partial charge in [-0.25, -0.2) is 0 Å². The number of carbonyl (C=O) groups excluding carboxylic acids is 1. The first-order valence-electron chi connectivity index (χ1n) is 5.25. The van der Waals surface area contributed by atoms with Gasteiger partial charge >= 0.3 is 47.3 Å². The number of Topliss-reactive ketones (excluding diaryl/α,β-unsaturated/α-hetero) is 1. The predicted octanol–water partition coefficient (Wildman–Crippen LogP) is 5.14. The minimum absolute atomic E-state index is 0.151. The van der Waals surface area contributed by atoms with Crippen molar-refractivity contribution in [2.24, 2.45) is 4.99 Å². The van der Waals surface area contributed by atoms with Crippen molar-refractivity contribution < 1.29 is 34.7 Å². The fourth-order valence-corrected chi connectivity index (χ4v) is 1.24. The molecule has 0 radical (unpaired) electrons. The zero-order valence-corrected chi connectivity index (χ0v) is 16.0. The van der Waals surface area contributed by atoms with Gasteiger partial charge in [-0.3, -0.25) is 9.79 Å². The van der Waals surface area contributed by atoms with E-state index in [1.807, 2.05) is 38.1 Å². The van der Waals surface area contributed by atoms with Crippen LogP contribution in [0.3, 0.4) is 0 Å². The second-order valence-electron chi connectivity index (χ2n) is 3.78. The molecule has 2 nitrogen and oxygen atoms in total. The van der Waals surface area contributed by atoms with Crippen LogP contribution in [0.15, 0.2) is 29.3 Å². The summed E-state index contributed by atoms with van der Waals surface area (Å²) in [5.41, 5.74) is 2.99. The molecule has 18 heavy (non-hydrogen) atoms. The minimum atomic E-state index is -2.24. The summed E-state index contributed by atoms with van der Waals surface area (Å²) in [6.07, 6.45) is 0.438. The van der Waals surface area contributed by atoms with Crippen molar-refractivity contribution in [3.05, 3.63) is 29.8 Å². The molecule has 6 heteroatoms. The van der Waals surface area contributed by atoms with Gasteiger partial charge in [-0.1, -0.05) is 17.7 Å². The van der Waals surface area contributed by atoms with Crippen LogP contribution in [0.25, 0.3) is 0 Å². The molecular formula is C12H15Cl3NNdO. The van der Waals surface area contributed by atoms with E-state index in [2.05, 4.69) is 4.99 Å². The van der Waals surface area contributed by atoms with Gasteiger partial charge in [0.05, 0.1) is 5.69 Å². The summed E-state index contributed by atoms with van der Waals surface area (Å²) >= 11 is -2.24. The van der Waals surface area contributed by atoms with Gasteiger partial charge in [-0.2, -0.15) is 0 Å². The van der Waals surface area contributed by atoms with Crippen molar-refractivity contribution in [1.29, 1.82) is 0 Å². The van der Waals surface area contributed by atoms with Crippen LogP contribution < -0.4 is 0 Å². The number of nitrogens with zero attached hydrogens (tertiary/aromatic N) is 1. The molecule has 0 saturated carbocycles. The summed E-state index contributed by atoms with van der Waals surface area (Å²) in [7, 11) is 0. The van der Waals surface area contributed by atoms with Crippen LogP contribution in [0.4, 0.5) is 5.69 Å². The van der Waals surface area contributed by atoms with Crippen molar-refractivity contribution in [2.75, 3.05) is 0 Å². The number of aryl methyl sites for hydroxylation is 1. The summed E-state index contributed by atoms with van der Waals surface area (Å²) in [5, 5.41) is 0. The predicted molar refractivity (Wildman–Crippen MR) is 76.8 cm³/mol. The molecule has 0 fully saturated rings. The Kier molecular flexibility index (Phi) is 11.0. The normalized spacial score (nSPS) is 10.4. The Morgan fingerprint density at radius 3 is 2.00 bits per heavy atom. The number of hydrogen-bond acceptors (Lipinski definition) is 2. The molecular weight excluding hydrogens is 425 g/mol. The van der Waals surface area contributed by atoms with Gasteiger partial charge in [0.2, 0.25) is 0 Å². The molecule has 0 amide bonds. The van der Waals surface area contributed by atoms with Crippen LogP contribution in [-0.4, -0.2) is 11.5 Å². The molecule has 0 aromatic heterocycles. The number of aliphatic imine (C=N–C) groups is 1. The van der Waals surface area contributed by atoms with E-state index in [0.717, 1.165) is 11.4 Å². The average molecular weight is 440 g/mol. The van der Waals surface area contributed by atoms with Gasteiger partial charge in [0, 0.05) is 12.1 Å². The monoisotopic (exact) mass is 436 g/mol. The molecule has 1 aromatic carbocycles. The van der Waals surface area contributed by atoms with Gasteiger partial charge in [0.1, 0.15) is 5.78 Å². The first-order chi connectivity index (χ1) is 8.31. The summed E-state index contributed by atoms with van der Waals surface area (Å²) in [4.78, 5) is 15.2. The molecule has 1 aromatic rings. The molecule has 99 valence electrons. The van der Waals surface area contributed by atoms with Gasteiger partial charge in [-0.15, -0.1) is 0 Å². The third-order valence-corrected chi connectivity index (χ3v) is 1.86. The molecule has 1 rings (SSSR count). The van der Waals surface area contributed by atoms with Crippen molar-refractivity contribution in [3.8, 4) is 0 Å². The molecule has 0 aliphatic heterocycles. The van der Waals surface area contributed by atoms with Crippen molar-refractivity contribution in [1.82, 2.24) is 0 Å². The second-order valence-corrected chi connectivity index (χ2v) is 17.9. The van der Waals surface area contributed by atoms with E-state index in [9.17, 15) is 4.79 Å². The van der Waals surface area contributed by atoms with Crippen LogP contribution >= 0.6 is 17.4 Å². The van der Waals surface area contributed by atoms with Gasteiger partial charge in [-0.05, 0) is 32.9 Å². The van der Waals surface area contributed by atoms with Crippen LogP contribution in [0.2, 0.25) is 0 Å². The van der Waals surface area contributed by atoms with Crippen molar-refractivity contribution >= 4 is 34.6 Å². The van der Waals surface area contributed by atoms with Crippen LogP contribution in [-0.2, 0) is 4.79 Å². The number of carbonyl (C=O) groups is 1. The summed E-state index contributed by atoms with van der Waals surface area (Å²) < 4.78 is 0. The maximum absolute atomic E-state index is 10.8. The molecule has 0 bridgehead atoms. The number of rotatable bonds is 3. The van der Waals surface area contributed by atoms with Crippen molar-refractivity contribution in [2.45, 2.75) is 27.2 Å². The topological polar surface area (TPSA) is 29.4 Å². The van der Waals surface area contributed by atoms with E-state index in [0.29, 0.717) is 6.42 Å². The zero-order valence-electron chi connectivity index (χ0n) is 10.5. The fourth-order valence-electron chi connectivity index (χ4n) is 1.24. The number of hydrogen-bond donors (Lipinski definition) is 0. The number of benzene rings is 1. The Morgan fingerprint density at radius 1 is 1.17 bits per heavy atom. The first kappa shape index (κ1) is 18.8. The number of ketones is 1. The van der Waals surface area contributed by atoms with E-state index in [4.69, 9.17) is 17.4 Å². The Labute approximate surface area is 129 Å². The molecule has 0 saturated heterocycles. The Bertz CT molecular complexity index is 402. The van der Waals surface area contributed by atoms with E-state index < -0.39 is 29.9 Å². The van der Waals surface area contributed by atoms with E-state index >= 15 is 0 Å². The van der Waals surface area contributed by atoms with Gasteiger partial charge in [0.15, 0.2) is 0 Å². The summed E-state index contributed by atoms with van der Waals surface area (Å²) in [6, 6.07) is 7.94. The van der Waals surface area contributed by atoms with Gasteiger partial charge < -0.3 is 0 Å². The standard InChI is InChI=1S/C12H15NO.3ClH.Nd/c1-9-4-6-12(7-5-9)13-10(2)8-11(3)14;;;;/h4-7H,8H2,1-3H3;3*1H;/q;;;;+3/p-3. The molecule has 0 N–H and O–H groups in total. The third-order valence-electron chi connectivity index (χ3n) is 1.86. The van der Waals surface area contributed by atoms with Crippen molar-refractivity contribution in [3.63, 3.8) is 0 Å². The molecule has 0 spiro atoms. The SMILES string of the molecule is CC(=O)CC(C)=Nc1ccc(C)cc1.[Cl][Nd]([Cl])[Cl]. The van der Waals surface area contributed by atoms with Crippen LogP contribution in [0.1, 0.15) is 25.8 Å². The zero-order chi connectivity index (χ0) is 14.1. The van der Waals surface area contributed by atoms with Crippen LogP contribution in [0.5, 0.6) is 0 Å². The summed E-state index contributed by atoms with van der Waals surface area (Å²) in [6.45, 7) is 5.49. The van der Waals surface area contributed by atoms with Crippen LogP contribution in [0, 0.1) is 36.8 Å². The summed E-state index contributed by atoms with van der Waals surface area (Å²) in [5.74, 6) is 15.2. The van der Waals surface area contributed by atoms with E-state index in [1.165, 1.54) is 5.56 Å². The Balaban J connectivity index is 0.000000631. The van der Waals surface area contributed by atoms with E-state index in [1.54, 1.807) is 6.92 Å². The molecule has 0 atom stereocenters. The molecule has 0 aliphatic rings. The second kappa shape index (κ2) is 10.6. The molecule has 0 unspecified atom stereocenters. The fraction of sp³-hybridized carbons (Fsp3) is 0.333. The maximum atomic E-state index is 10.8. The Morgan fingerprint density at radius 2 is 1.61 bits per heavy atom. The van der Waals surface area contributed by atoms with E-state index in [-0.39, 0.29) is 5.78 Å². The van der Waals surface area contributed by atoms with Gasteiger partial charge in [0.25, 0.3) is 0 Å². The quantitative estimate of drug-likeness (QED) is 0.600.